The Morgan fingerprint density at radius 1 is 1.07 bits per heavy atom. The normalized spacial score (nSPS) is 11.8. The molecule has 2 aromatic heterocycles. The monoisotopic (exact) mass is 407 g/mol. The van der Waals surface area contributed by atoms with Crippen LogP contribution in [0.1, 0.15) is 19.4 Å². The first-order valence-electron chi connectivity index (χ1n) is 9.40. The molecule has 0 fully saturated rings. The molecule has 2 heterocycles. The first kappa shape index (κ1) is 19.1. The standard InChI is InChI=1S/C22H21N3O3S/c1-4-24-21-13-17(28-3)7-8-18(21)19(14-23)22(24)16-6-9-20-15(12-16)10-11-25(20)29(26,27)5-2/h6-13H,4-5H2,1-3H3. The number of benzene rings is 2. The van der Waals surface area contributed by atoms with Gasteiger partial charge in [-0.3, -0.25) is 0 Å². The van der Waals surface area contributed by atoms with E-state index in [1.165, 1.54) is 3.97 Å². The van der Waals surface area contributed by atoms with E-state index in [9.17, 15) is 13.7 Å². The first-order chi connectivity index (χ1) is 13.9. The van der Waals surface area contributed by atoms with Gasteiger partial charge < -0.3 is 9.30 Å². The van der Waals surface area contributed by atoms with Crippen LogP contribution in [-0.4, -0.2) is 29.8 Å². The van der Waals surface area contributed by atoms with Gasteiger partial charge in [0.25, 0.3) is 0 Å². The Bertz CT molecular complexity index is 1390. The number of hydrogen-bond acceptors (Lipinski definition) is 4. The number of fused-ring (bicyclic) bond motifs is 2. The molecule has 4 rings (SSSR count). The predicted octanol–water partition coefficient (Wildman–Crippen LogP) is 4.36. The number of hydrogen-bond donors (Lipinski definition) is 0. The van der Waals surface area contributed by atoms with Crippen LogP contribution in [0.15, 0.2) is 48.7 Å². The molecule has 4 aromatic rings. The minimum Gasteiger partial charge on any atom is -0.497 e. The molecule has 0 unspecified atom stereocenters. The molecule has 0 bridgehead atoms. The van der Waals surface area contributed by atoms with Gasteiger partial charge in [-0.2, -0.15) is 5.26 Å². The lowest BCUT2D eigenvalue weighted by atomic mass is 10.0. The lowest BCUT2D eigenvalue weighted by molar-refractivity contribution is 0.415. The van der Waals surface area contributed by atoms with E-state index in [0.29, 0.717) is 17.6 Å². The van der Waals surface area contributed by atoms with E-state index < -0.39 is 10.0 Å². The van der Waals surface area contributed by atoms with Gasteiger partial charge in [0.1, 0.15) is 11.8 Å². The van der Waals surface area contributed by atoms with Crippen molar-refractivity contribution in [2.24, 2.45) is 0 Å². The second-order valence-electron chi connectivity index (χ2n) is 6.75. The van der Waals surface area contributed by atoms with Gasteiger partial charge in [0.2, 0.25) is 10.0 Å². The average Bonchev–Trinajstić information content (AvgIpc) is 3.31. The number of aryl methyl sites for hydroxylation is 1. The summed E-state index contributed by atoms with van der Waals surface area (Å²) in [5, 5.41) is 11.6. The van der Waals surface area contributed by atoms with Crippen LogP contribution in [0.5, 0.6) is 5.75 Å². The van der Waals surface area contributed by atoms with Crippen molar-refractivity contribution in [3.63, 3.8) is 0 Å². The van der Waals surface area contributed by atoms with Crippen LogP contribution in [0.2, 0.25) is 0 Å². The molecule has 0 amide bonds. The molecular weight excluding hydrogens is 386 g/mol. The zero-order chi connectivity index (χ0) is 20.8. The van der Waals surface area contributed by atoms with Gasteiger partial charge in [-0.05, 0) is 44.2 Å². The Labute approximate surface area is 169 Å². The van der Waals surface area contributed by atoms with E-state index in [0.717, 1.165) is 33.3 Å². The lowest BCUT2D eigenvalue weighted by Gasteiger charge is -2.10. The Morgan fingerprint density at radius 2 is 1.86 bits per heavy atom. The molecular formula is C22H21N3O3S. The molecule has 0 radical (unpaired) electrons. The smallest absolute Gasteiger partial charge is 0.238 e. The topological polar surface area (TPSA) is 77.0 Å². The summed E-state index contributed by atoms with van der Waals surface area (Å²) in [6.07, 6.45) is 1.58. The highest BCUT2D eigenvalue weighted by molar-refractivity contribution is 7.90. The Balaban J connectivity index is 1.99. The minimum absolute atomic E-state index is 0.0308. The zero-order valence-electron chi connectivity index (χ0n) is 16.5. The van der Waals surface area contributed by atoms with Gasteiger partial charge >= 0.3 is 0 Å². The van der Waals surface area contributed by atoms with Crippen molar-refractivity contribution in [2.75, 3.05) is 12.9 Å². The summed E-state index contributed by atoms with van der Waals surface area (Å²) in [5.74, 6) is 0.765. The summed E-state index contributed by atoms with van der Waals surface area (Å²) in [6, 6.07) is 15.5. The molecule has 0 aliphatic heterocycles. The van der Waals surface area contributed by atoms with Crippen LogP contribution in [0.4, 0.5) is 0 Å². The van der Waals surface area contributed by atoms with Gasteiger partial charge in [-0.1, -0.05) is 6.07 Å². The highest BCUT2D eigenvalue weighted by Gasteiger charge is 2.20. The van der Waals surface area contributed by atoms with Crippen LogP contribution in [0.25, 0.3) is 33.1 Å². The maximum atomic E-state index is 12.3. The number of methoxy groups -OCH3 is 1. The fraction of sp³-hybridized carbons (Fsp3) is 0.227. The van der Waals surface area contributed by atoms with Gasteiger partial charge in [-0.25, -0.2) is 12.4 Å². The van der Waals surface area contributed by atoms with E-state index >= 15 is 0 Å². The van der Waals surface area contributed by atoms with Gasteiger partial charge in [-0.15, -0.1) is 0 Å². The third-order valence-corrected chi connectivity index (χ3v) is 6.94. The van der Waals surface area contributed by atoms with Crippen molar-refractivity contribution in [3.05, 3.63) is 54.2 Å². The van der Waals surface area contributed by atoms with E-state index in [4.69, 9.17) is 4.74 Å². The highest BCUT2D eigenvalue weighted by atomic mass is 32.2. The molecule has 0 N–H and O–H groups in total. The highest BCUT2D eigenvalue weighted by Crippen LogP contribution is 2.36. The second kappa shape index (κ2) is 6.98. The summed E-state index contributed by atoms with van der Waals surface area (Å²) in [6.45, 7) is 4.35. The predicted molar refractivity (Wildman–Crippen MR) is 115 cm³/mol. The van der Waals surface area contributed by atoms with Gasteiger partial charge in [0.15, 0.2) is 0 Å². The fourth-order valence-electron chi connectivity index (χ4n) is 3.84. The summed E-state index contributed by atoms with van der Waals surface area (Å²) in [5.41, 5.74) is 3.87. The third-order valence-electron chi connectivity index (χ3n) is 5.29. The molecule has 0 aliphatic carbocycles. The quantitative estimate of drug-likeness (QED) is 0.492. The molecule has 29 heavy (non-hydrogen) atoms. The Morgan fingerprint density at radius 3 is 2.52 bits per heavy atom. The Hall–Kier alpha value is -3.24. The molecule has 148 valence electrons. The number of nitriles is 1. The largest absolute Gasteiger partial charge is 0.497 e. The molecule has 0 aliphatic rings. The molecule has 0 saturated heterocycles. The zero-order valence-corrected chi connectivity index (χ0v) is 17.3. The summed E-state index contributed by atoms with van der Waals surface area (Å²) in [7, 11) is -1.75. The van der Waals surface area contributed by atoms with Gasteiger partial charge in [0, 0.05) is 35.1 Å². The molecule has 0 spiro atoms. The molecule has 0 saturated carbocycles. The van der Waals surface area contributed by atoms with E-state index in [1.807, 2.05) is 37.3 Å². The maximum Gasteiger partial charge on any atom is 0.238 e. The summed E-state index contributed by atoms with van der Waals surface area (Å²) < 4.78 is 33.4. The van der Waals surface area contributed by atoms with E-state index in [-0.39, 0.29) is 5.75 Å². The maximum absolute atomic E-state index is 12.3. The van der Waals surface area contributed by atoms with E-state index in [2.05, 4.69) is 10.6 Å². The summed E-state index contributed by atoms with van der Waals surface area (Å²) >= 11 is 0. The van der Waals surface area contributed by atoms with Crippen molar-refractivity contribution in [1.82, 2.24) is 8.54 Å². The molecule has 6 nitrogen and oxygen atoms in total. The number of rotatable bonds is 5. The van der Waals surface area contributed by atoms with Crippen molar-refractivity contribution < 1.29 is 13.2 Å². The van der Waals surface area contributed by atoms with Crippen molar-refractivity contribution in [3.8, 4) is 23.1 Å². The SMILES string of the molecule is CCn1c(-c2ccc3c(ccn3S(=O)(=O)CC)c2)c(C#N)c2ccc(OC)cc21. The number of aromatic nitrogens is 2. The van der Waals surface area contributed by atoms with E-state index in [1.54, 1.807) is 32.4 Å². The molecule has 2 aromatic carbocycles. The van der Waals surface area contributed by atoms with Crippen LogP contribution < -0.4 is 4.74 Å². The van der Waals surface area contributed by atoms with Gasteiger partial charge in [0.05, 0.1) is 35.2 Å². The summed E-state index contributed by atoms with van der Waals surface area (Å²) in [4.78, 5) is 0. The first-order valence-corrected chi connectivity index (χ1v) is 11.0. The fourth-order valence-corrected chi connectivity index (χ4v) is 4.83. The van der Waals surface area contributed by atoms with Crippen molar-refractivity contribution in [1.29, 1.82) is 5.26 Å². The van der Waals surface area contributed by atoms with Crippen LogP contribution in [0.3, 0.4) is 0 Å². The van der Waals surface area contributed by atoms with Crippen molar-refractivity contribution >= 4 is 31.8 Å². The number of ether oxygens (including phenoxy) is 1. The third kappa shape index (κ3) is 2.88. The molecule has 0 atom stereocenters. The minimum atomic E-state index is -3.37. The van der Waals surface area contributed by atoms with Crippen LogP contribution >= 0.6 is 0 Å². The van der Waals surface area contributed by atoms with Crippen LogP contribution in [0, 0.1) is 11.3 Å². The number of nitrogens with zero attached hydrogens (tertiary/aromatic N) is 3. The van der Waals surface area contributed by atoms with Crippen molar-refractivity contribution in [2.45, 2.75) is 20.4 Å². The average molecular weight is 407 g/mol. The Kier molecular flexibility index (Phi) is 4.59. The molecule has 7 heteroatoms. The van der Waals surface area contributed by atoms with Crippen LogP contribution in [-0.2, 0) is 16.6 Å². The second-order valence-corrected chi connectivity index (χ2v) is 8.88. The lowest BCUT2D eigenvalue weighted by Crippen LogP contribution is -2.13.